The number of fused-ring (bicyclic) bond motifs is 1. The van der Waals surface area contributed by atoms with Crippen molar-refractivity contribution in [2.75, 3.05) is 6.61 Å². The van der Waals surface area contributed by atoms with Crippen LogP contribution < -0.4 is 4.74 Å². The SMILES string of the molecule is CCCCOC1Oc2ccc(I)cc2C(=O)C1CCC. The first-order chi connectivity index (χ1) is 9.67. The van der Waals surface area contributed by atoms with Gasteiger partial charge in [-0.05, 0) is 53.6 Å². The van der Waals surface area contributed by atoms with Crippen LogP contribution >= 0.6 is 22.6 Å². The lowest BCUT2D eigenvalue weighted by atomic mass is 9.90. The largest absolute Gasteiger partial charge is 0.463 e. The van der Waals surface area contributed by atoms with Gasteiger partial charge in [0.2, 0.25) is 6.29 Å². The molecule has 4 heteroatoms. The number of benzene rings is 1. The van der Waals surface area contributed by atoms with Crippen LogP contribution in [0.25, 0.3) is 0 Å². The molecular formula is C16H21IO3. The van der Waals surface area contributed by atoms with E-state index >= 15 is 0 Å². The molecule has 2 rings (SSSR count). The molecule has 20 heavy (non-hydrogen) atoms. The lowest BCUT2D eigenvalue weighted by Crippen LogP contribution is -2.40. The number of carbonyl (C=O) groups excluding carboxylic acids is 1. The highest BCUT2D eigenvalue weighted by molar-refractivity contribution is 14.1. The van der Waals surface area contributed by atoms with Crippen LogP contribution in [0.1, 0.15) is 49.9 Å². The van der Waals surface area contributed by atoms with Crippen LogP contribution in [0.4, 0.5) is 0 Å². The quantitative estimate of drug-likeness (QED) is 0.535. The monoisotopic (exact) mass is 388 g/mol. The molecule has 0 aliphatic carbocycles. The fraction of sp³-hybridized carbons (Fsp3) is 0.562. The van der Waals surface area contributed by atoms with E-state index in [2.05, 4.69) is 36.4 Å². The summed E-state index contributed by atoms with van der Waals surface area (Å²) in [4.78, 5) is 12.6. The van der Waals surface area contributed by atoms with Gasteiger partial charge in [-0.2, -0.15) is 0 Å². The molecule has 0 radical (unpaired) electrons. The summed E-state index contributed by atoms with van der Waals surface area (Å²) in [5.41, 5.74) is 0.700. The second-order valence-corrected chi connectivity index (χ2v) is 6.36. The van der Waals surface area contributed by atoms with Crippen molar-refractivity contribution in [3.8, 4) is 5.75 Å². The van der Waals surface area contributed by atoms with Crippen LogP contribution in [0.2, 0.25) is 0 Å². The summed E-state index contributed by atoms with van der Waals surface area (Å²) in [6.07, 6.45) is 3.40. The first-order valence-electron chi connectivity index (χ1n) is 7.29. The standard InChI is InChI=1S/C16H21IO3/c1-3-5-9-19-16-12(6-4-2)15(18)13-10-11(17)7-8-14(13)20-16/h7-8,10,12,16H,3-6,9H2,1-2H3. The summed E-state index contributed by atoms with van der Waals surface area (Å²) < 4.78 is 12.8. The highest BCUT2D eigenvalue weighted by atomic mass is 127. The number of ketones is 1. The number of rotatable bonds is 6. The molecule has 110 valence electrons. The second-order valence-electron chi connectivity index (χ2n) is 5.11. The highest BCUT2D eigenvalue weighted by Gasteiger charge is 2.37. The first kappa shape index (κ1) is 15.8. The fourth-order valence-electron chi connectivity index (χ4n) is 2.40. The summed E-state index contributed by atoms with van der Waals surface area (Å²) in [7, 11) is 0. The van der Waals surface area contributed by atoms with Gasteiger partial charge in [0.1, 0.15) is 5.75 Å². The van der Waals surface area contributed by atoms with E-state index in [0.29, 0.717) is 17.9 Å². The minimum absolute atomic E-state index is 0.160. The fourth-order valence-corrected chi connectivity index (χ4v) is 2.89. The molecule has 2 atom stereocenters. The van der Waals surface area contributed by atoms with E-state index in [0.717, 1.165) is 29.3 Å². The summed E-state index contributed by atoms with van der Waals surface area (Å²) >= 11 is 2.22. The van der Waals surface area contributed by atoms with Crippen LogP contribution in [0, 0.1) is 9.49 Å². The molecule has 0 saturated heterocycles. The number of Topliss-reactive ketones (excluding diaryl/α,β-unsaturated/α-hetero) is 1. The maximum absolute atomic E-state index is 12.6. The Morgan fingerprint density at radius 2 is 2.10 bits per heavy atom. The number of halogens is 1. The topological polar surface area (TPSA) is 35.5 Å². The summed E-state index contributed by atoms with van der Waals surface area (Å²) in [5, 5.41) is 0. The van der Waals surface area contributed by atoms with E-state index in [1.165, 1.54) is 0 Å². The van der Waals surface area contributed by atoms with Gasteiger partial charge in [-0.15, -0.1) is 0 Å². The maximum atomic E-state index is 12.6. The zero-order valence-electron chi connectivity index (χ0n) is 12.0. The molecule has 1 aromatic rings. The van der Waals surface area contributed by atoms with Crippen LogP contribution in [-0.2, 0) is 4.74 Å². The predicted molar refractivity (Wildman–Crippen MR) is 87.2 cm³/mol. The molecule has 1 aliphatic heterocycles. The molecule has 0 spiro atoms. The molecule has 3 nitrogen and oxygen atoms in total. The van der Waals surface area contributed by atoms with Gasteiger partial charge in [-0.25, -0.2) is 0 Å². The van der Waals surface area contributed by atoms with Gasteiger partial charge >= 0.3 is 0 Å². The van der Waals surface area contributed by atoms with Crippen molar-refractivity contribution in [1.29, 1.82) is 0 Å². The van der Waals surface area contributed by atoms with Crippen LogP contribution in [0.5, 0.6) is 5.75 Å². The number of hydrogen-bond acceptors (Lipinski definition) is 3. The molecule has 1 heterocycles. The smallest absolute Gasteiger partial charge is 0.210 e. The van der Waals surface area contributed by atoms with E-state index < -0.39 is 6.29 Å². The zero-order chi connectivity index (χ0) is 14.5. The van der Waals surface area contributed by atoms with Gasteiger partial charge < -0.3 is 9.47 Å². The third-order valence-corrected chi connectivity index (χ3v) is 4.17. The van der Waals surface area contributed by atoms with Gasteiger partial charge in [0, 0.05) is 3.57 Å². The van der Waals surface area contributed by atoms with Crippen molar-refractivity contribution < 1.29 is 14.3 Å². The molecule has 0 fully saturated rings. The molecule has 0 aromatic heterocycles. The number of unbranched alkanes of at least 4 members (excludes halogenated alkanes) is 1. The Morgan fingerprint density at radius 3 is 2.80 bits per heavy atom. The van der Waals surface area contributed by atoms with Crippen molar-refractivity contribution in [2.45, 2.75) is 45.8 Å². The Kier molecular flexibility index (Phi) is 5.84. The second kappa shape index (κ2) is 7.41. The van der Waals surface area contributed by atoms with Crippen molar-refractivity contribution in [1.82, 2.24) is 0 Å². The minimum atomic E-state index is -0.429. The average Bonchev–Trinajstić information content (AvgIpc) is 2.44. The Morgan fingerprint density at radius 1 is 1.30 bits per heavy atom. The highest BCUT2D eigenvalue weighted by Crippen LogP contribution is 2.34. The molecule has 0 bridgehead atoms. The minimum Gasteiger partial charge on any atom is -0.463 e. The summed E-state index contributed by atoms with van der Waals surface area (Å²) in [6.45, 7) is 4.85. The predicted octanol–water partition coefficient (Wildman–Crippen LogP) is 4.43. The zero-order valence-corrected chi connectivity index (χ0v) is 14.2. The third kappa shape index (κ3) is 3.52. The maximum Gasteiger partial charge on any atom is 0.210 e. The van der Waals surface area contributed by atoms with Gasteiger partial charge in [0.15, 0.2) is 5.78 Å². The van der Waals surface area contributed by atoms with Crippen molar-refractivity contribution in [3.05, 3.63) is 27.3 Å². The molecule has 2 unspecified atom stereocenters. The van der Waals surface area contributed by atoms with Crippen LogP contribution in [0.3, 0.4) is 0 Å². The normalized spacial score (nSPS) is 21.4. The molecule has 1 aliphatic rings. The van der Waals surface area contributed by atoms with Crippen molar-refractivity contribution >= 4 is 28.4 Å². The lowest BCUT2D eigenvalue weighted by Gasteiger charge is -2.32. The van der Waals surface area contributed by atoms with Crippen molar-refractivity contribution in [3.63, 3.8) is 0 Å². The lowest BCUT2D eigenvalue weighted by molar-refractivity contribution is -0.113. The Bertz CT molecular complexity index is 473. The number of hydrogen-bond donors (Lipinski definition) is 0. The first-order valence-corrected chi connectivity index (χ1v) is 8.37. The summed E-state index contributed by atoms with van der Waals surface area (Å²) in [5.74, 6) is 0.639. The molecule has 0 saturated carbocycles. The Hall–Kier alpha value is -0.620. The summed E-state index contributed by atoms with van der Waals surface area (Å²) in [6, 6.07) is 5.73. The van der Waals surface area contributed by atoms with Gasteiger partial charge in [0.05, 0.1) is 18.1 Å². The van der Waals surface area contributed by atoms with E-state index in [9.17, 15) is 4.79 Å². The van der Waals surface area contributed by atoms with Gasteiger partial charge in [-0.3, -0.25) is 4.79 Å². The van der Waals surface area contributed by atoms with Crippen LogP contribution in [-0.4, -0.2) is 18.7 Å². The molecule has 0 amide bonds. The van der Waals surface area contributed by atoms with E-state index in [1.54, 1.807) is 0 Å². The molecule has 0 N–H and O–H groups in total. The van der Waals surface area contributed by atoms with E-state index in [1.807, 2.05) is 18.2 Å². The average molecular weight is 388 g/mol. The van der Waals surface area contributed by atoms with Crippen LogP contribution in [0.15, 0.2) is 18.2 Å². The molecule has 1 aromatic carbocycles. The van der Waals surface area contributed by atoms with E-state index in [4.69, 9.17) is 9.47 Å². The van der Waals surface area contributed by atoms with Gasteiger partial charge in [-0.1, -0.05) is 26.7 Å². The number of carbonyl (C=O) groups is 1. The van der Waals surface area contributed by atoms with Gasteiger partial charge in [0.25, 0.3) is 0 Å². The Labute approximate surface area is 134 Å². The van der Waals surface area contributed by atoms with Crippen molar-refractivity contribution in [2.24, 2.45) is 5.92 Å². The third-order valence-electron chi connectivity index (χ3n) is 3.50. The number of ether oxygens (including phenoxy) is 2. The molecular weight excluding hydrogens is 367 g/mol. The van der Waals surface area contributed by atoms with E-state index in [-0.39, 0.29) is 11.7 Å². The Balaban J connectivity index is 2.21.